The van der Waals surface area contributed by atoms with Crippen LogP contribution in [0.25, 0.3) is 0 Å². The molecule has 0 unspecified atom stereocenters. The number of amides is 1. The first-order chi connectivity index (χ1) is 5.75. The molecule has 5 heteroatoms. The fourth-order valence-corrected chi connectivity index (χ4v) is 0.825. The lowest BCUT2D eigenvalue weighted by atomic mass is 10.3. The lowest BCUT2D eigenvalue weighted by molar-refractivity contribution is 0.0945. The molecule has 0 aromatic carbocycles. The number of halogens is 1. The molecular formula is C7H10FN3O. The van der Waals surface area contributed by atoms with Crippen LogP contribution >= 0.6 is 0 Å². The van der Waals surface area contributed by atoms with Gasteiger partial charge in [0.2, 0.25) is 0 Å². The third kappa shape index (κ3) is 1.81. The SMILES string of the molecule is Cc1cn[nH]c1C(=O)NCCF. The zero-order valence-corrected chi connectivity index (χ0v) is 6.72. The Morgan fingerprint density at radius 2 is 2.58 bits per heavy atom. The van der Waals surface area contributed by atoms with Crippen molar-refractivity contribution < 1.29 is 9.18 Å². The summed E-state index contributed by atoms with van der Waals surface area (Å²) in [7, 11) is 0. The number of carbonyl (C=O) groups excluding carboxylic acids is 1. The maximum atomic E-state index is 11.7. The number of hydrogen-bond donors (Lipinski definition) is 2. The fraction of sp³-hybridized carbons (Fsp3) is 0.429. The molecule has 4 nitrogen and oxygen atoms in total. The molecule has 1 amide bonds. The standard InChI is InChI=1S/C7H10FN3O/c1-5-4-10-11-6(5)7(12)9-3-2-8/h4H,2-3H2,1H3,(H,9,12)(H,10,11). The Hall–Kier alpha value is -1.39. The third-order valence-electron chi connectivity index (χ3n) is 1.44. The van der Waals surface area contributed by atoms with Crippen molar-refractivity contribution in [3.63, 3.8) is 0 Å². The molecule has 1 rings (SSSR count). The number of hydrogen-bond acceptors (Lipinski definition) is 2. The van der Waals surface area contributed by atoms with E-state index in [1.54, 1.807) is 13.1 Å². The molecule has 0 spiro atoms. The van der Waals surface area contributed by atoms with Crippen molar-refractivity contribution in [1.82, 2.24) is 15.5 Å². The summed E-state index contributed by atoms with van der Waals surface area (Å²) in [4.78, 5) is 11.1. The second kappa shape index (κ2) is 3.85. The van der Waals surface area contributed by atoms with Crippen molar-refractivity contribution >= 4 is 5.91 Å². The van der Waals surface area contributed by atoms with Crippen LogP contribution < -0.4 is 5.32 Å². The van der Waals surface area contributed by atoms with E-state index < -0.39 is 6.67 Å². The number of carbonyl (C=O) groups is 1. The smallest absolute Gasteiger partial charge is 0.269 e. The van der Waals surface area contributed by atoms with Crippen molar-refractivity contribution in [2.45, 2.75) is 6.92 Å². The number of nitrogens with one attached hydrogen (secondary N) is 2. The maximum Gasteiger partial charge on any atom is 0.269 e. The first-order valence-electron chi connectivity index (χ1n) is 3.60. The van der Waals surface area contributed by atoms with E-state index in [9.17, 15) is 9.18 Å². The van der Waals surface area contributed by atoms with Crippen LogP contribution in [0.1, 0.15) is 16.1 Å². The molecule has 1 aromatic rings. The van der Waals surface area contributed by atoms with Crippen LogP contribution in [0.15, 0.2) is 6.20 Å². The summed E-state index contributed by atoms with van der Waals surface area (Å²) in [6.45, 7) is 1.24. The number of aromatic amines is 1. The molecule has 1 heterocycles. The quantitative estimate of drug-likeness (QED) is 0.692. The Kier molecular flexibility index (Phi) is 2.79. The van der Waals surface area contributed by atoms with Crippen LogP contribution in [0, 0.1) is 6.92 Å². The zero-order valence-electron chi connectivity index (χ0n) is 6.72. The molecule has 2 N–H and O–H groups in total. The highest BCUT2D eigenvalue weighted by molar-refractivity contribution is 5.93. The van der Waals surface area contributed by atoms with Gasteiger partial charge < -0.3 is 5.32 Å². The predicted molar refractivity (Wildman–Crippen MR) is 41.6 cm³/mol. The molecule has 1 aromatic heterocycles. The van der Waals surface area contributed by atoms with Crippen LogP contribution in [-0.4, -0.2) is 29.3 Å². The Balaban J connectivity index is 2.59. The average molecular weight is 171 g/mol. The number of alkyl halides is 1. The second-order valence-corrected chi connectivity index (χ2v) is 2.37. The van der Waals surface area contributed by atoms with Gasteiger partial charge in [-0.15, -0.1) is 0 Å². The molecule has 0 atom stereocenters. The Morgan fingerprint density at radius 1 is 1.83 bits per heavy atom. The van der Waals surface area contributed by atoms with E-state index >= 15 is 0 Å². The minimum absolute atomic E-state index is 0.0390. The van der Waals surface area contributed by atoms with Crippen molar-refractivity contribution in [3.05, 3.63) is 17.5 Å². The van der Waals surface area contributed by atoms with E-state index in [4.69, 9.17) is 0 Å². The number of aromatic nitrogens is 2. The number of nitrogens with zero attached hydrogens (tertiary/aromatic N) is 1. The van der Waals surface area contributed by atoms with E-state index in [0.717, 1.165) is 5.56 Å². The van der Waals surface area contributed by atoms with Gasteiger partial charge in [0.15, 0.2) is 0 Å². The molecular weight excluding hydrogens is 161 g/mol. The van der Waals surface area contributed by atoms with Gasteiger partial charge in [0.05, 0.1) is 6.20 Å². The molecule has 0 radical (unpaired) electrons. The summed E-state index contributed by atoms with van der Waals surface area (Å²) in [5.41, 5.74) is 1.15. The van der Waals surface area contributed by atoms with Gasteiger partial charge in [-0.05, 0) is 12.5 Å². The maximum absolute atomic E-state index is 11.7. The number of aryl methyl sites for hydroxylation is 1. The van der Waals surface area contributed by atoms with Crippen LogP contribution in [0.4, 0.5) is 4.39 Å². The average Bonchev–Trinajstić information content (AvgIpc) is 2.47. The first-order valence-corrected chi connectivity index (χ1v) is 3.60. The Morgan fingerprint density at radius 3 is 3.08 bits per heavy atom. The molecule has 0 aliphatic heterocycles. The molecule has 0 aliphatic rings. The van der Waals surface area contributed by atoms with Gasteiger partial charge in [-0.3, -0.25) is 9.89 Å². The van der Waals surface area contributed by atoms with Crippen LogP contribution in [0.5, 0.6) is 0 Å². The van der Waals surface area contributed by atoms with Crippen LogP contribution in [0.2, 0.25) is 0 Å². The van der Waals surface area contributed by atoms with Gasteiger partial charge in [0.25, 0.3) is 5.91 Å². The monoisotopic (exact) mass is 171 g/mol. The van der Waals surface area contributed by atoms with E-state index in [1.807, 2.05) is 0 Å². The van der Waals surface area contributed by atoms with Gasteiger partial charge in [-0.2, -0.15) is 5.10 Å². The minimum atomic E-state index is -0.557. The summed E-state index contributed by atoms with van der Waals surface area (Å²) in [5.74, 6) is -0.317. The minimum Gasteiger partial charge on any atom is -0.348 e. The lowest BCUT2D eigenvalue weighted by Gasteiger charge is -1.99. The Labute approximate surface area is 69.2 Å². The van der Waals surface area contributed by atoms with Gasteiger partial charge in [-0.25, -0.2) is 4.39 Å². The molecule has 66 valence electrons. The van der Waals surface area contributed by atoms with Gasteiger partial charge in [0, 0.05) is 6.54 Å². The zero-order chi connectivity index (χ0) is 8.97. The van der Waals surface area contributed by atoms with Crippen LogP contribution in [0.3, 0.4) is 0 Å². The molecule has 0 aliphatic carbocycles. The molecule has 0 bridgehead atoms. The summed E-state index contributed by atoms with van der Waals surface area (Å²) >= 11 is 0. The van der Waals surface area contributed by atoms with E-state index in [0.29, 0.717) is 5.69 Å². The van der Waals surface area contributed by atoms with Crippen molar-refractivity contribution in [1.29, 1.82) is 0 Å². The van der Waals surface area contributed by atoms with Gasteiger partial charge >= 0.3 is 0 Å². The van der Waals surface area contributed by atoms with E-state index in [2.05, 4.69) is 15.5 Å². The van der Waals surface area contributed by atoms with Gasteiger partial charge in [-0.1, -0.05) is 0 Å². The lowest BCUT2D eigenvalue weighted by Crippen LogP contribution is -2.26. The van der Waals surface area contributed by atoms with Crippen molar-refractivity contribution in [2.24, 2.45) is 0 Å². The predicted octanol–water partition coefficient (Wildman–Crippen LogP) is 0.417. The van der Waals surface area contributed by atoms with Gasteiger partial charge in [0.1, 0.15) is 12.4 Å². The Bertz CT molecular complexity index is 271. The fourth-order valence-electron chi connectivity index (χ4n) is 0.825. The topological polar surface area (TPSA) is 57.8 Å². The third-order valence-corrected chi connectivity index (χ3v) is 1.44. The van der Waals surface area contributed by atoms with Crippen molar-refractivity contribution in [2.75, 3.05) is 13.2 Å². The number of rotatable bonds is 3. The normalized spacial score (nSPS) is 9.83. The highest BCUT2D eigenvalue weighted by Gasteiger charge is 2.08. The molecule has 0 saturated heterocycles. The second-order valence-electron chi connectivity index (χ2n) is 2.37. The van der Waals surface area contributed by atoms with Crippen molar-refractivity contribution in [3.8, 4) is 0 Å². The van der Waals surface area contributed by atoms with E-state index in [-0.39, 0.29) is 12.5 Å². The molecule has 0 saturated carbocycles. The van der Waals surface area contributed by atoms with E-state index in [1.165, 1.54) is 0 Å². The largest absolute Gasteiger partial charge is 0.348 e. The van der Waals surface area contributed by atoms with Crippen LogP contribution in [-0.2, 0) is 0 Å². The highest BCUT2D eigenvalue weighted by Crippen LogP contribution is 2.00. The summed E-state index contributed by atoms with van der Waals surface area (Å²) in [5, 5.41) is 8.59. The summed E-state index contributed by atoms with van der Waals surface area (Å²) in [6, 6.07) is 0. The summed E-state index contributed by atoms with van der Waals surface area (Å²) in [6.07, 6.45) is 1.55. The molecule has 12 heavy (non-hydrogen) atoms. The number of H-pyrrole nitrogens is 1. The summed E-state index contributed by atoms with van der Waals surface area (Å²) < 4.78 is 11.7. The first kappa shape index (κ1) is 8.70. The molecule has 0 fully saturated rings. The highest BCUT2D eigenvalue weighted by atomic mass is 19.1.